The van der Waals surface area contributed by atoms with Crippen molar-refractivity contribution < 1.29 is 4.79 Å². The minimum absolute atomic E-state index is 0.115. The van der Waals surface area contributed by atoms with Gasteiger partial charge >= 0.3 is 0 Å². The van der Waals surface area contributed by atoms with Gasteiger partial charge in [-0.15, -0.1) is 0 Å². The molecule has 4 nitrogen and oxygen atoms in total. The molecular formula is C12H12BrN3O. The van der Waals surface area contributed by atoms with Crippen molar-refractivity contribution in [2.45, 2.75) is 20.0 Å². The topological polar surface area (TPSA) is 38.1 Å². The van der Waals surface area contributed by atoms with Crippen LogP contribution in [0.3, 0.4) is 0 Å². The number of carbonyl (C=O) groups is 1. The predicted octanol–water partition coefficient (Wildman–Crippen LogP) is 2.16. The maximum atomic E-state index is 11.4. The van der Waals surface area contributed by atoms with Gasteiger partial charge in [-0.3, -0.25) is 4.79 Å². The summed E-state index contributed by atoms with van der Waals surface area (Å²) in [6.45, 7) is 3.80. The molecule has 1 aliphatic rings. The van der Waals surface area contributed by atoms with Crippen LogP contribution in [0.4, 0.5) is 0 Å². The predicted molar refractivity (Wildman–Crippen MR) is 68.5 cm³/mol. The Hall–Kier alpha value is -1.36. The standard InChI is InChI=1S/C12H12BrN3O/c1-8(17)15-4-5-16-11-6-9(13)2-3-10(11)14-12(16)7-15/h2-3,6H,4-5,7H2,1H3. The lowest BCUT2D eigenvalue weighted by atomic mass is 10.3. The highest BCUT2D eigenvalue weighted by Gasteiger charge is 2.21. The molecule has 0 fully saturated rings. The van der Waals surface area contributed by atoms with Crippen LogP contribution in [0.25, 0.3) is 11.0 Å². The van der Waals surface area contributed by atoms with Crippen molar-refractivity contribution in [3.8, 4) is 0 Å². The molecule has 0 aliphatic carbocycles. The molecular weight excluding hydrogens is 282 g/mol. The normalized spacial score (nSPS) is 15.1. The summed E-state index contributed by atoms with van der Waals surface area (Å²) in [5.74, 6) is 1.09. The maximum Gasteiger partial charge on any atom is 0.219 e. The summed E-state index contributed by atoms with van der Waals surface area (Å²) in [7, 11) is 0. The largest absolute Gasteiger partial charge is 0.334 e. The number of rotatable bonds is 0. The Bertz CT molecular complexity index is 605. The van der Waals surface area contributed by atoms with Crippen LogP contribution in [0.2, 0.25) is 0 Å². The molecule has 2 heterocycles. The first-order chi connectivity index (χ1) is 8.15. The second-order valence-electron chi connectivity index (χ2n) is 4.25. The van der Waals surface area contributed by atoms with Crippen LogP contribution in [0.15, 0.2) is 22.7 Å². The fourth-order valence-corrected chi connectivity index (χ4v) is 2.60. The molecule has 0 atom stereocenters. The number of hydrogen-bond acceptors (Lipinski definition) is 2. The Balaban J connectivity index is 2.10. The molecule has 0 saturated heterocycles. The van der Waals surface area contributed by atoms with Crippen molar-refractivity contribution in [2.75, 3.05) is 6.54 Å². The van der Waals surface area contributed by atoms with Gasteiger partial charge < -0.3 is 9.47 Å². The summed E-state index contributed by atoms with van der Waals surface area (Å²) in [5, 5.41) is 0. The molecule has 0 bridgehead atoms. The highest BCUT2D eigenvalue weighted by molar-refractivity contribution is 9.10. The SMILES string of the molecule is CC(=O)N1CCn2c(nc3ccc(Br)cc32)C1. The third-order valence-corrected chi connectivity index (χ3v) is 3.65. The Morgan fingerprint density at radius 3 is 3.00 bits per heavy atom. The van der Waals surface area contributed by atoms with Crippen molar-refractivity contribution in [1.29, 1.82) is 0 Å². The van der Waals surface area contributed by atoms with Gasteiger partial charge in [0.05, 0.1) is 17.6 Å². The minimum atomic E-state index is 0.115. The van der Waals surface area contributed by atoms with Crippen LogP contribution < -0.4 is 0 Å². The number of halogens is 1. The molecule has 0 saturated carbocycles. The Kier molecular flexibility index (Phi) is 2.43. The number of hydrogen-bond donors (Lipinski definition) is 0. The van der Waals surface area contributed by atoms with Gasteiger partial charge in [-0.1, -0.05) is 15.9 Å². The number of aromatic nitrogens is 2. The van der Waals surface area contributed by atoms with Crippen LogP contribution in [0, 0.1) is 0 Å². The van der Waals surface area contributed by atoms with E-state index in [1.807, 2.05) is 17.0 Å². The Morgan fingerprint density at radius 1 is 1.41 bits per heavy atom. The van der Waals surface area contributed by atoms with Gasteiger partial charge in [0.15, 0.2) is 0 Å². The minimum Gasteiger partial charge on any atom is -0.334 e. The van der Waals surface area contributed by atoms with Gasteiger partial charge in [0.2, 0.25) is 5.91 Å². The number of nitrogens with zero attached hydrogens (tertiary/aromatic N) is 3. The number of imidazole rings is 1. The highest BCUT2D eigenvalue weighted by atomic mass is 79.9. The van der Waals surface area contributed by atoms with Crippen molar-refractivity contribution >= 4 is 32.9 Å². The zero-order chi connectivity index (χ0) is 12.0. The second-order valence-corrected chi connectivity index (χ2v) is 5.17. The average molecular weight is 294 g/mol. The van der Waals surface area contributed by atoms with E-state index in [9.17, 15) is 4.79 Å². The number of fused-ring (bicyclic) bond motifs is 3. The summed E-state index contributed by atoms with van der Waals surface area (Å²) in [4.78, 5) is 17.8. The lowest BCUT2D eigenvalue weighted by molar-refractivity contribution is -0.130. The van der Waals surface area contributed by atoms with E-state index in [2.05, 4.69) is 31.5 Å². The zero-order valence-electron chi connectivity index (χ0n) is 9.48. The second kappa shape index (κ2) is 3.84. The first-order valence-corrected chi connectivity index (χ1v) is 6.34. The molecule has 1 aliphatic heterocycles. The van der Waals surface area contributed by atoms with Crippen LogP contribution in [0.5, 0.6) is 0 Å². The number of carbonyl (C=O) groups excluding carboxylic acids is 1. The molecule has 1 aromatic heterocycles. The smallest absolute Gasteiger partial charge is 0.219 e. The molecule has 1 amide bonds. The van der Waals surface area contributed by atoms with Crippen LogP contribution in [0.1, 0.15) is 12.7 Å². The summed E-state index contributed by atoms with van der Waals surface area (Å²) >= 11 is 3.47. The van der Waals surface area contributed by atoms with E-state index >= 15 is 0 Å². The van der Waals surface area contributed by atoms with Gasteiger partial charge in [-0.25, -0.2) is 4.98 Å². The van der Waals surface area contributed by atoms with Crippen molar-refractivity contribution in [3.63, 3.8) is 0 Å². The van der Waals surface area contributed by atoms with E-state index in [1.165, 1.54) is 0 Å². The third-order valence-electron chi connectivity index (χ3n) is 3.16. The van der Waals surface area contributed by atoms with E-state index in [1.54, 1.807) is 6.92 Å². The average Bonchev–Trinajstić information content (AvgIpc) is 2.66. The van der Waals surface area contributed by atoms with E-state index in [0.717, 1.165) is 34.4 Å². The van der Waals surface area contributed by atoms with Crippen molar-refractivity contribution in [2.24, 2.45) is 0 Å². The summed E-state index contributed by atoms with van der Waals surface area (Å²) in [5.41, 5.74) is 2.13. The third kappa shape index (κ3) is 1.74. The molecule has 0 unspecified atom stereocenters. The first kappa shape index (κ1) is 10.8. The van der Waals surface area contributed by atoms with Crippen molar-refractivity contribution in [3.05, 3.63) is 28.5 Å². The van der Waals surface area contributed by atoms with Crippen LogP contribution in [-0.4, -0.2) is 26.9 Å². The highest BCUT2D eigenvalue weighted by Crippen LogP contribution is 2.23. The van der Waals surface area contributed by atoms with Gasteiger partial charge in [0.25, 0.3) is 0 Å². The van der Waals surface area contributed by atoms with Crippen LogP contribution >= 0.6 is 15.9 Å². The zero-order valence-corrected chi connectivity index (χ0v) is 11.1. The lowest BCUT2D eigenvalue weighted by Gasteiger charge is -2.26. The first-order valence-electron chi connectivity index (χ1n) is 5.55. The fourth-order valence-electron chi connectivity index (χ4n) is 2.26. The molecule has 0 radical (unpaired) electrons. The molecule has 17 heavy (non-hydrogen) atoms. The fraction of sp³-hybridized carbons (Fsp3) is 0.333. The van der Waals surface area contributed by atoms with Gasteiger partial charge in [0, 0.05) is 24.5 Å². The van der Waals surface area contributed by atoms with Gasteiger partial charge in [-0.05, 0) is 18.2 Å². The van der Waals surface area contributed by atoms with Crippen molar-refractivity contribution in [1.82, 2.24) is 14.5 Å². The molecule has 5 heteroatoms. The molecule has 0 N–H and O–H groups in total. The summed E-state index contributed by atoms with van der Waals surface area (Å²) in [6.07, 6.45) is 0. The summed E-state index contributed by atoms with van der Waals surface area (Å²) < 4.78 is 3.25. The molecule has 2 aromatic rings. The quantitative estimate of drug-likeness (QED) is 0.747. The lowest BCUT2D eigenvalue weighted by Crippen LogP contribution is -2.36. The number of benzene rings is 1. The Morgan fingerprint density at radius 2 is 2.24 bits per heavy atom. The molecule has 0 spiro atoms. The van der Waals surface area contributed by atoms with E-state index in [0.29, 0.717) is 6.54 Å². The van der Waals surface area contributed by atoms with E-state index in [4.69, 9.17) is 0 Å². The monoisotopic (exact) mass is 293 g/mol. The summed E-state index contributed by atoms with van der Waals surface area (Å²) in [6, 6.07) is 6.07. The molecule has 1 aromatic carbocycles. The van der Waals surface area contributed by atoms with Crippen LogP contribution in [-0.2, 0) is 17.9 Å². The van der Waals surface area contributed by atoms with Gasteiger partial charge in [-0.2, -0.15) is 0 Å². The van der Waals surface area contributed by atoms with E-state index < -0.39 is 0 Å². The van der Waals surface area contributed by atoms with E-state index in [-0.39, 0.29) is 5.91 Å². The molecule has 3 rings (SSSR count). The van der Waals surface area contributed by atoms with Gasteiger partial charge in [0.1, 0.15) is 5.82 Å². The Labute approximate surface area is 107 Å². The molecule has 88 valence electrons. The maximum absolute atomic E-state index is 11.4. The number of amides is 1.